The van der Waals surface area contributed by atoms with Crippen molar-refractivity contribution >= 4 is 11.6 Å². The number of tetrazole rings is 1. The number of halogens is 1. The molecule has 2 aromatic carbocycles. The molecule has 0 bridgehead atoms. The van der Waals surface area contributed by atoms with Crippen LogP contribution in [0.1, 0.15) is 22.8 Å². The minimum atomic E-state index is -0.411. The Kier molecular flexibility index (Phi) is 4.37. The van der Waals surface area contributed by atoms with Gasteiger partial charge in [-0.3, -0.25) is 4.79 Å². The van der Waals surface area contributed by atoms with E-state index in [9.17, 15) is 9.18 Å². The first kappa shape index (κ1) is 15.5. The fourth-order valence-electron chi connectivity index (χ4n) is 2.02. The number of nitrogens with zero attached hydrogens (tertiary/aromatic N) is 5. The predicted molar refractivity (Wildman–Crippen MR) is 85.2 cm³/mol. The molecule has 24 heavy (non-hydrogen) atoms. The van der Waals surface area contributed by atoms with Gasteiger partial charge in [-0.15, -0.1) is 5.10 Å². The lowest BCUT2D eigenvalue weighted by molar-refractivity contribution is 0.0955. The number of hydrogen-bond donors (Lipinski definition) is 1. The van der Waals surface area contributed by atoms with Crippen molar-refractivity contribution in [1.29, 1.82) is 0 Å². The molecule has 0 saturated carbocycles. The van der Waals surface area contributed by atoms with Crippen LogP contribution in [0.3, 0.4) is 0 Å². The molecular formula is C16H13FN6O. The second-order valence-corrected chi connectivity index (χ2v) is 4.95. The average Bonchev–Trinajstić information content (AvgIpc) is 3.15. The smallest absolute Gasteiger partial charge is 0.267 e. The molecule has 0 unspecified atom stereocenters. The Bertz CT molecular complexity index is 874. The van der Waals surface area contributed by atoms with E-state index in [0.29, 0.717) is 11.3 Å². The minimum absolute atomic E-state index is 0.329. The number of nitrogens with one attached hydrogen (secondary N) is 1. The summed E-state index contributed by atoms with van der Waals surface area (Å²) < 4.78 is 14.4. The van der Waals surface area contributed by atoms with E-state index in [1.54, 1.807) is 6.92 Å². The SMILES string of the molecule is C/C(=N/NC(=O)c1ccc(F)cc1)c1cccc(-n2cnnn2)c1. The molecule has 1 N–H and O–H groups in total. The minimum Gasteiger partial charge on any atom is -0.267 e. The fourth-order valence-corrected chi connectivity index (χ4v) is 2.02. The maximum absolute atomic E-state index is 12.9. The standard InChI is InChI=1S/C16H13FN6O/c1-11(19-20-16(24)12-5-7-14(17)8-6-12)13-3-2-4-15(9-13)23-10-18-21-22-23/h2-10H,1H3,(H,20,24)/b19-11-. The van der Waals surface area contributed by atoms with Gasteiger partial charge in [0.15, 0.2) is 0 Å². The zero-order valence-corrected chi connectivity index (χ0v) is 12.7. The average molecular weight is 324 g/mol. The van der Waals surface area contributed by atoms with Crippen molar-refractivity contribution in [2.45, 2.75) is 6.92 Å². The molecule has 1 amide bonds. The van der Waals surface area contributed by atoms with Crippen LogP contribution < -0.4 is 5.43 Å². The highest BCUT2D eigenvalue weighted by Gasteiger charge is 2.06. The summed E-state index contributed by atoms with van der Waals surface area (Å²) in [5, 5.41) is 15.1. The van der Waals surface area contributed by atoms with E-state index in [4.69, 9.17) is 0 Å². The Balaban J connectivity index is 1.75. The van der Waals surface area contributed by atoms with Crippen LogP contribution in [-0.2, 0) is 0 Å². The van der Waals surface area contributed by atoms with Crippen LogP contribution in [0.4, 0.5) is 4.39 Å². The number of carbonyl (C=O) groups excluding carboxylic acids is 1. The van der Waals surface area contributed by atoms with Gasteiger partial charge in [0.1, 0.15) is 12.1 Å². The predicted octanol–water partition coefficient (Wildman–Crippen LogP) is 1.96. The molecule has 8 heteroatoms. The molecule has 0 fully saturated rings. The Morgan fingerprint density at radius 2 is 1.96 bits per heavy atom. The van der Waals surface area contributed by atoms with Crippen molar-refractivity contribution in [2.75, 3.05) is 0 Å². The first-order valence-corrected chi connectivity index (χ1v) is 7.07. The molecule has 0 aliphatic heterocycles. The van der Waals surface area contributed by atoms with Crippen LogP contribution in [0.25, 0.3) is 5.69 Å². The second-order valence-electron chi connectivity index (χ2n) is 4.95. The molecule has 120 valence electrons. The molecule has 7 nitrogen and oxygen atoms in total. The Morgan fingerprint density at radius 1 is 1.17 bits per heavy atom. The first-order chi connectivity index (χ1) is 11.6. The van der Waals surface area contributed by atoms with Crippen LogP contribution >= 0.6 is 0 Å². The van der Waals surface area contributed by atoms with Crippen molar-refractivity contribution in [1.82, 2.24) is 25.6 Å². The van der Waals surface area contributed by atoms with E-state index >= 15 is 0 Å². The van der Waals surface area contributed by atoms with Gasteiger partial charge in [0.25, 0.3) is 5.91 Å². The zero-order chi connectivity index (χ0) is 16.9. The Hall–Kier alpha value is -3.42. The number of amides is 1. The summed E-state index contributed by atoms with van der Waals surface area (Å²) in [6, 6.07) is 12.6. The van der Waals surface area contributed by atoms with Crippen LogP contribution in [0.15, 0.2) is 60.0 Å². The van der Waals surface area contributed by atoms with Crippen molar-refractivity contribution in [3.63, 3.8) is 0 Å². The summed E-state index contributed by atoms with van der Waals surface area (Å²) in [6.45, 7) is 1.77. The van der Waals surface area contributed by atoms with Gasteiger partial charge in [0.05, 0.1) is 11.4 Å². The molecule has 0 atom stereocenters. The van der Waals surface area contributed by atoms with E-state index in [-0.39, 0.29) is 0 Å². The van der Waals surface area contributed by atoms with Gasteiger partial charge in [0.2, 0.25) is 0 Å². The van der Waals surface area contributed by atoms with Gasteiger partial charge in [-0.05, 0) is 59.3 Å². The Morgan fingerprint density at radius 3 is 2.67 bits per heavy atom. The number of carbonyl (C=O) groups is 1. The lowest BCUT2D eigenvalue weighted by Gasteiger charge is -2.05. The van der Waals surface area contributed by atoms with Gasteiger partial charge >= 0.3 is 0 Å². The molecular weight excluding hydrogens is 311 g/mol. The molecule has 3 rings (SSSR count). The monoisotopic (exact) mass is 324 g/mol. The third kappa shape index (κ3) is 3.49. The zero-order valence-electron chi connectivity index (χ0n) is 12.7. The van der Waals surface area contributed by atoms with E-state index in [1.807, 2.05) is 24.3 Å². The highest BCUT2D eigenvalue weighted by atomic mass is 19.1. The normalized spacial score (nSPS) is 11.3. The van der Waals surface area contributed by atoms with Crippen molar-refractivity contribution in [2.24, 2.45) is 5.10 Å². The van der Waals surface area contributed by atoms with Gasteiger partial charge in [-0.25, -0.2) is 14.5 Å². The van der Waals surface area contributed by atoms with E-state index in [2.05, 4.69) is 26.1 Å². The van der Waals surface area contributed by atoms with Gasteiger partial charge in [0, 0.05) is 5.56 Å². The van der Waals surface area contributed by atoms with Crippen molar-refractivity contribution in [3.05, 3.63) is 71.8 Å². The van der Waals surface area contributed by atoms with Crippen LogP contribution in [0.5, 0.6) is 0 Å². The summed E-state index contributed by atoms with van der Waals surface area (Å²) in [5.74, 6) is -0.809. The molecule has 0 aliphatic carbocycles. The number of aromatic nitrogens is 4. The molecule has 0 radical (unpaired) electrons. The van der Waals surface area contributed by atoms with Crippen molar-refractivity contribution < 1.29 is 9.18 Å². The molecule has 1 aromatic heterocycles. The molecule has 0 spiro atoms. The molecule has 0 aliphatic rings. The third-order valence-corrected chi connectivity index (χ3v) is 3.31. The van der Waals surface area contributed by atoms with Crippen LogP contribution in [-0.4, -0.2) is 31.8 Å². The molecule has 0 saturated heterocycles. The van der Waals surface area contributed by atoms with E-state index in [0.717, 1.165) is 11.3 Å². The van der Waals surface area contributed by atoms with Crippen molar-refractivity contribution in [3.8, 4) is 5.69 Å². The van der Waals surface area contributed by atoms with Gasteiger partial charge in [-0.1, -0.05) is 12.1 Å². The van der Waals surface area contributed by atoms with E-state index in [1.165, 1.54) is 35.3 Å². The summed E-state index contributed by atoms with van der Waals surface area (Å²) in [6.07, 6.45) is 1.49. The van der Waals surface area contributed by atoms with Gasteiger partial charge < -0.3 is 0 Å². The quantitative estimate of drug-likeness (QED) is 0.587. The molecule has 1 heterocycles. The first-order valence-electron chi connectivity index (χ1n) is 7.07. The second kappa shape index (κ2) is 6.78. The highest BCUT2D eigenvalue weighted by molar-refractivity contribution is 6.01. The number of hydrogen-bond acceptors (Lipinski definition) is 5. The summed E-state index contributed by atoms with van der Waals surface area (Å²) in [5.41, 5.74) is 4.97. The lowest BCUT2D eigenvalue weighted by Crippen LogP contribution is -2.19. The largest absolute Gasteiger partial charge is 0.271 e. The Labute approximate surface area is 136 Å². The van der Waals surface area contributed by atoms with E-state index < -0.39 is 11.7 Å². The maximum atomic E-state index is 12.9. The summed E-state index contributed by atoms with van der Waals surface area (Å²) in [7, 11) is 0. The maximum Gasteiger partial charge on any atom is 0.271 e. The fraction of sp³-hybridized carbons (Fsp3) is 0.0625. The molecule has 3 aromatic rings. The number of benzene rings is 2. The van der Waals surface area contributed by atoms with Crippen LogP contribution in [0, 0.1) is 5.82 Å². The third-order valence-electron chi connectivity index (χ3n) is 3.31. The highest BCUT2D eigenvalue weighted by Crippen LogP contribution is 2.10. The topological polar surface area (TPSA) is 85.1 Å². The lowest BCUT2D eigenvalue weighted by atomic mass is 10.1. The summed E-state index contributed by atoms with van der Waals surface area (Å²) in [4.78, 5) is 12.0. The number of rotatable bonds is 4. The number of hydrazone groups is 1. The summed E-state index contributed by atoms with van der Waals surface area (Å²) >= 11 is 0. The van der Waals surface area contributed by atoms with Crippen LogP contribution in [0.2, 0.25) is 0 Å². The van der Waals surface area contributed by atoms with Gasteiger partial charge in [-0.2, -0.15) is 5.10 Å².